The van der Waals surface area contributed by atoms with E-state index < -0.39 is 0 Å². The molecular formula is C20H15FN4O2. The molecule has 0 saturated carbocycles. The van der Waals surface area contributed by atoms with Crippen LogP contribution < -0.4 is 15.6 Å². The van der Waals surface area contributed by atoms with Gasteiger partial charge in [0.2, 0.25) is 5.95 Å². The molecule has 0 radical (unpaired) electrons. The van der Waals surface area contributed by atoms with Crippen LogP contribution in [0.3, 0.4) is 0 Å². The molecule has 27 heavy (non-hydrogen) atoms. The van der Waals surface area contributed by atoms with Crippen LogP contribution in [-0.4, -0.2) is 22.1 Å². The van der Waals surface area contributed by atoms with E-state index in [-0.39, 0.29) is 17.3 Å². The van der Waals surface area contributed by atoms with Gasteiger partial charge >= 0.3 is 0 Å². The first-order valence-electron chi connectivity index (χ1n) is 8.20. The molecule has 0 bridgehead atoms. The molecule has 0 atom stereocenters. The number of benzene rings is 2. The monoisotopic (exact) mass is 362 g/mol. The van der Waals surface area contributed by atoms with Crippen molar-refractivity contribution in [2.45, 2.75) is 0 Å². The molecule has 2 heterocycles. The highest BCUT2D eigenvalue weighted by molar-refractivity contribution is 5.92. The van der Waals surface area contributed by atoms with Gasteiger partial charge in [-0.05, 0) is 53.6 Å². The van der Waals surface area contributed by atoms with Crippen LogP contribution in [-0.2, 0) is 0 Å². The Hall–Kier alpha value is -3.74. The molecule has 2 aromatic heterocycles. The van der Waals surface area contributed by atoms with Gasteiger partial charge in [-0.3, -0.25) is 9.78 Å². The van der Waals surface area contributed by atoms with Crippen molar-refractivity contribution >= 4 is 22.7 Å². The second-order valence-electron chi connectivity index (χ2n) is 5.83. The first-order chi connectivity index (χ1) is 13.1. The number of aromatic nitrogens is 3. The molecule has 0 unspecified atom stereocenters. The topological polar surface area (TPSA) is 79.9 Å². The molecule has 0 aliphatic carbocycles. The van der Waals surface area contributed by atoms with Gasteiger partial charge in [-0.1, -0.05) is 12.1 Å². The maximum Gasteiger partial charge on any atom is 0.262 e. The van der Waals surface area contributed by atoms with Crippen molar-refractivity contribution in [3.63, 3.8) is 0 Å². The van der Waals surface area contributed by atoms with Gasteiger partial charge in [0.15, 0.2) is 5.65 Å². The summed E-state index contributed by atoms with van der Waals surface area (Å²) in [6, 6.07) is 14.9. The lowest BCUT2D eigenvalue weighted by molar-refractivity contribution is 0.415. The molecule has 0 saturated heterocycles. The third-order valence-electron chi connectivity index (χ3n) is 4.12. The van der Waals surface area contributed by atoms with Gasteiger partial charge in [-0.25, -0.2) is 9.37 Å². The number of ether oxygens (including phenoxy) is 1. The van der Waals surface area contributed by atoms with E-state index in [2.05, 4.69) is 20.3 Å². The minimum absolute atomic E-state index is 0.279. The van der Waals surface area contributed by atoms with Gasteiger partial charge in [0.1, 0.15) is 11.6 Å². The Balaban J connectivity index is 1.76. The molecule has 0 amide bonds. The summed E-state index contributed by atoms with van der Waals surface area (Å²) in [7, 11) is 1.59. The fourth-order valence-electron chi connectivity index (χ4n) is 2.80. The Bertz CT molecular complexity index is 1160. The summed E-state index contributed by atoms with van der Waals surface area (Å²) in [5, 5.41) is 3.39. The van der Waals surface area contributed by atoms with Gasteiger partial charge in [0.25, 0.3) is 5.56 Å². The summed E-state index contributed by atoms with van der Waals surface area (Å²) < 4.78 is 18.3. The van der Waals surface area contributed by atoms with Crippen LogP contribution in [0.1, 0.15) is 0 Å². The van der Waals surface area contributed by atoms with Crippen molar-refractivity contribution in [3.8, 4) is 16.9 Å². The number of hydrogen-bond donors (Lipinski definition) is 2. The molecule has 0 spiro atoms. The van der Waals surface area contributed by atoms with E-state index in [0.29, 0.717) is 22.2 Å². The number of hydrogen-bond acceptors (Lipinski definition) is 5. The van der Waals surface area contributed by atoms with Gasteiger partial charge < -0.3 is 10.1 Å². The van der Waals surface area contributed by atoms with E-state index >= 15 is 0 Å². The zero-order chi connectivity index (χ0) is 18.8. The zero-order valence-electron chi connectivity index (χ0n) is 14.4. The van der Waals surface area contributed by atoms with Crippen LogP contribution >= 0.6 is 0 Å². The summed E-state index contributed by atoms with van der Waals surface area (Å²) in [5.74, 6) is 0.669. The van der Waals surface area contributed by atoms with Crippen molar-refractivity contribution < 1.29 is 9.13 Å². The Morgan fingerprint density at radius 3 is 2.48 bits per heavy atom. The Labute approximate surface area is 153 Å². The van der Waals surface area contributed by atoms with Crippen LogP contribution in [0.25, 0.3) is 22.2 Å². The van der Waals surface area contributed by atoms with E-state index in [1.54, 1.807) is 43.6 Å². The molecule has 6 nitrogen and oxygen atoms in total. The number of pyridine rings is 1. The van der Waals surface area contributed by atoms with Crippen molar-refractivity contribution in [3.05, 3.63) is 77.0 Å². The van der Waals surface area contributed by atoms with Crippen LogP contribution in [0.15, 0.2) is 65.6 Å². The molecule has 2 N–H and O–H groups in total. The summed E-state index contributed by atoms with van der Waals surface area (Å²) in [6.45, 7) is 0. The predicted molar refractivity (Wildman–Crippen MR) is 102 cm³/mol. The highest BCUT2D eigenvalue weighted by Crippen LogP contribution is 2.25. The second-order valence-corrected chi connectivity index (χ2v) is 5.83. The fraction of sp³-hybridized carbons (Fsp3) is 0.0500. The molecule has 0 aliphatic rings. The lowest BCUT2D eigenvalue weighted by Gasteiger charge is -2.09. The number of H-pyrrole nitrogens is 1. The molecule has 2 aromatic carbocycles. The molecular weight excluding hydrogens is 347 g/mol. The van der Waals surface area contributed by atoms with E-state index in [1.165, 1.54) is 12.1 Å². The van der Waals surface area contributed by atoms with Crippen molar-refractivity contribution in [2.24, 2.45) is 0 Å². The Morgan fingerprint density at radius 1 is 1.04 bits per heavy atom. The second kappa shape index (κ2) is 6.87. The normalized spacial score (nSPS) is 10.7. The summed E-state index contributed by atoms with van der Waals surface area (Å²) in [6.07, 6.45) is 1.57. The zero-order valence-corrected chi connectivity index (χ0v) is 14.4. The van der Waals surface area contributed by atoms with Crippen molar-refractivity contribution in [1.29, 1.82) is 0 Å². The van der Waals surface area contributed by atoms with Gasteiger partial charge in [0, 0.05) is 11.9 Å². The highest BCUT2D eigenvalue weighted by atomic mass is 19.1. The van der Waals surface area contributed by atoms with E-state index in [0.717, 1.165) is 11.4 Å². The molecule has 7 heteroatoms. The van der Waals surface area contributed by atoms with Crippen LogP contribution in [0.2, 0.25) is 0 Å². The average Bonchev–Trinajstić information content (AvgIpc) is 2.69. The number of rotatable bonds is 4. The van der Waals surface area contributed by atoms with Crippen LogP contribution in [0.4, 0.5) is 16.0 Å². The number of halogens is 1. The summed E-state index contributed by atoms with van der Waals surface area (Å²) >= 11 is 0. The first kappa shape index (κ1) is 16.7. The lowest BCUT2D eigenvalue weighted by atomic mass is 10.0. The van der Waals surface area contributed by atoms with Crippen molar-refractivity contribution in [2.75, 3.05) is 12.4 Å². The smallest absolute Gasteiger partial charge is 0.262 e. The van der Waals surface area contributed by atoms with Gasteiger partial charge in [-0.15, -0.1) is 0 Å². The average molecular weight is 362 g/mol. The van der Waals surface area contributed by atoms with Crippen molar-refractivity contribution in [1.82, 2.24) is 15.0 Å². The van der Waals surface area contributed by atoms with E-state index in [9.17, 15) is 9.18 Å². The molecule has 134 valence electrons. The number of aromatic amines is 1. The van der Waals surface area contributed by atoms with Gasteiger partial charge in [-0.2, -0.15) is 4.98 Å². The summed E-state index contributed by atoms with van der Waals surface area (Å²) in [5.41, 5.74) is 2.07. The SMILES string of the molecule is COc1ccc(Nc2nc3nccc(-c4ccc(F)cc4)c3c(=O)[nH]2)cc1. The third kappa shape index (κ3) is 3.35. The summed E-state index contributed by atoms with van der Waals surface area (Å²) in [4.78, 5) is 24.0. The largest absolute Gasteiger partial charge is 0.497 e. The predicted octanol–water partition coefficient (Wildman–Crippen LogP) is 3.88. The maximum atomic E-state index is 13.2. The molecule has 0 aliphatic heterocycles. The number of nitrogens with zero attached hydrogens (tertiary/aromatic N) is 2. The standard InChI is InChI=1S/C20H15FN4O2/c1-27-15-8-6-14(7-9-15)23-20-24-18-17(19(26)25-20)16(10-11-22-18)12-2-4-13(21)5-3-12/h2-11H,1H3,(H2,22,23,24,25,26). The minimum atomic E-state index is -0.338. The van der Waals surface area contributed by atoms with Crippen LogP contribution in [0.5, 0.6) is 5.75 Å². The number of methoxy groups -OCH3 is 1. The fourth-order valence-corrected chi connectivity index (χ4v) is 2.80. The quantitative estimate of drug-likeness (QED) is 0.576. The number of nitrogens with one attached hydrogen (secondary N) is 2. The van der Waals surface area contributed by atoms with E-state index in [4.69, 9.17) is 4.74 Å². The third-order valence-corrected chi connectivity index (χ3v) is 4.12. The molecule has 0 fully saturated rings. The minimum Gasteiger partial charge on any atom is -0.497 e. The van der Waals surface area contributed by atoms with Gasteiger partial charge in [0.05, 0.1) is 12.5 Å². The first-order valence-corrected chi connectivity index (χ1v) is 8.20. The van der Waals surface area contributed by atoms with E-state index in [1.807, 2.05) is 12.1 Å². The number of anilines is 2. The van der Waals surface area contributed by atoms with Crippen LogP contribution in [0, 0.1) is 5.82 Å². The Kier molecular flexibility index (Phi) is 4.25. The molecule has 4 rings (SSSR count). The Morgan fingerprint density at radius 2 is 1.78 bits per heavy atom. The lowest BCUT2D eigenvalue weighted by Crippen LogP contribution is -2.13. The number of fused-ring (bicyclic) bond motifs is 1. The highest BCUT2D eigenvalue weighted by Gasteiger charge is 2.12. The molecule has 4 aromatic rings. The maximum absolute atomic E-state index is 13.2.